The fourth-order valence-corrected chi connectivity index (χ4v) is 19.1. The number of nitrogens with zero attached hydrogens (tertiary/aromatic N) is 20. The van der Waals surface area contributed by atoms with Crippen LogP contribution in [-0.2, 0) is 0 Å². The van der Waals surface area contributed by atoms with E-state index in [-0.39, 0.29) is 11.7 Å². The first-order valence-corrected chi connectivity index (χ1v) is 43.3. The van der Waals surface area contributed by atoms with Crippen LogP contribution in [0.25, 0.3) is 66.9 Å². The number of aryl methyl sites for hydroxylation is 7. The van der Waals surface area contributed by atoms with E-state index in [1.165, 1.54) is 92.3 Å². The molecule has 9 aromatic heterocycles. The lowest BCUT2D eigenvalue weighted by Crippen LogP contribution is -2.45. The van der Waals surface area contributed by atoms with Crippen molar-refractivity contribution in [1.29, 1.82) is 0 Å². The molecule has 0 spiro atoms. The van der Waals surface area contributed by atoms with Crippen molar-refractivity contribution in [2.45, 2.75) is 215 Å². The lowest BCUT2D eigenvalue weighted by molar-refractivity contribution is 0.186. The lowest BCUT2D eigenvalue weighted by Gasteiger charge is -2.39. The van der Waals surface area contributed by atoms with Gasteiger partial charge in [0, 0.05) is 102 Å². The predicted molar refractivity (Wildman–Crippen MR) is 474 cm³/mol. The predicted octanol–water partition coefficient (Wildman–Crippen LogP) is 19.7. The topological polar surface area (TPSA) is 222 Å². The van der Waals surface area contributed by atoms with Crippen molar-refractivity contribution >= 4 is 91.5 Å². The maximum atomic E-state index is 15.0. The van der Waals surface area contributed by atoms with Crippen molar-refractivity contribution in [3.63, 3.8) is 0 Å². The van der Waals surface area contributed by atoms with E-state index >= 15 is 4.39 Å². The van der Waals surface area contributed by atoms with Crippen LogP contribution in [-0.4, -0.2) is 178 Å². The van der Waals surface area contributed by atoms with E-state index in [0.717, 1.165) is 173 Å². The highest BCUT2D eigenvalue weighted by Gasteiger charge is 2.29. The van der Waals surface area contributed by atoms with Gasteiger partial charge in [-0.3, -0.25) is 0 Å². The molecule has 12 aromatic rings. The number of hydrogen-bond acceptors (Lipinski definition) is 21. The van der Waals surface area contributed by atoms with E-state index in [1.807, 2.05) is 93.6 Å². The molecular weight excluding hydrogens is 1470 g/mol. The second-order valence-corrected chi connectivity index (χ2v) is 33.6. The number of thioether (sulfide) groups is 1. The standard InChI is InChI=1S/C32H42N8.C31H41FN8.C28H35N7S/c1-5-38(6-2)25-14-17-39(18-15-25)27-11-12-30(34-21-27)37-32-33-16-13-28(36-32)24-19-22(3)31-29(20-24)40(23(4)35-31)26-9-7-8-10-26;1-8-38(9-2)24-12-14-39(15-13-24)26-10-11-28(34-21(26)6)36-31-33-18-25(32)30(37-31)23-16-20(5)29-27(17-23)40(19(3)4)22(7)35-29;1-6-34-13-10-22(11-14-34)36-23-7-8-26(30-17-23)33-28-29-12-9-24(32-28)21-15-19(4)27-25(16-21)35(18(2)3)20(5)31-27/h11-13,16,19-21,25-26H,5-10,14-15,17-18H2,1-4H3,(H,33,34,36,37);10-11,16-19,24H,8-9,12-15H2,1-7H3,(H,33,34,36,37);7-9,12,15-18,22H,6,10-11,13-14H2,1-5H3,(H,29,30,32,33). The highest BCUT2D eigenvalue weighted by molar-refractivity contribution is 8.00. The molecule has 610 valence electrons. The minimum absolute atomic E-state index is 0.234. The lowest BCUT2D eigenvalue weighted by atomic mass is 10.0. The van der Waals surface area contributed by atoms with Gasteiger partial charge in [-0.1, -0.05) is 47.5 Å². The molecule has 23 nitrogen and oxygen atoms in total. The number of likely N-dealkylation sites (tertiary alicyclic amines) is 1. The molecule has 25 heteroatoms. The number of halogens is 1. The van der Waals surface area contributed by atoms with Gasteiger partial charge in [-0.2, -0.15) is 0 Å². The van der Waals surface area contributed by atoms with Crippen LogP contribution in [0.5, 0.6) is 0 Å². The van der Waals surface area contributed by atoms with E-state index in [0.29, 0.717) is 58.6 Å². The molecule has 1 aliphatic carbocycles. The Balaban J connectivity index is 0.000000144. The molecule has 3 aromatic carbocycles. The summed E-state index contributed by atoms with van der Waals surface area (Å²) in [6.45, 7) is 46.6. The number of nitrogens with one attached hydrogen (secondary N) is 3. The number of benzene rings is 3. The van der Waals surface area contributed by atoms with Crippen LogP contribution in [0.3, 0.4) is 0 Å². The van der Waals surface area contributed by atoms with Crippen molar-refractivity contribution in [2.75, 3.05) is 97.7 Å². The third-order valence-electron chi connectivity index (χ3n) is 24.0. The first kappa shape index (κ1) is 82.4. The summed E-state index contributed by atoms with van der Waals surface area (Å²) in [7, 11) is 0. The molecular formula is C91H118FN23S. The summed E-state index contributed by atoms with van der Waals surface area (Å²) in [5, 5.41) is 10.5. The minimum atomic E-state index is -0.468. The number of rotatable bonds is 23. The zero-order valence-corrected chi connectivity index (χ0v) is 71.8. The Kier molecular flexibility index (Phi) is 26.3. The Morgan fingerprint density at radius 1 is 0.457 bits per heavy atom. The number of pyridine rings is 3. The van der Waals surface area contributed by atoms with Crippen molar-refractivity contribution in [2.24, 2.45) is 0 Å². The van der Waals surface area contributed by atoms with Gasteiger partial charge in [0.2, 0.25) is 17.8 Å². The number of imidazole rings is 3. The fraction of sp³-hybridized carbons (Fsp3) is 0.473. The summed E-state index contributed by atoms with van der Waals surface area (Å²) in [5.41, 5.74) is 17.9. The largest absolute Gasteiger partial charge is 0.370 e. The van der Waals surface area contributed by atoms with E-state index in [9.17, 15) is 0 Å². The summed E-state index contributed by atoms with van der Waals surface area (Å²) in [5.74, 6) is 6.14. The first-order valence-electron chi connectivity index (χ1n) is 42.4. The molecule has 0 atom stereocenters. The average Bonchev–Trinajstić information content (AvgIpc) is 1.62. The van der Waals surface area contributed by atoms with Crippen LogP contribution >= 0.6 is 11.8 Å². The molecule has 0 bridgehead atoms. The van der Waals surface area contributed by atoms with Crippen LogP contribution in [0.15, 0.2) is 121 Å². The van der Waals surface area contributed by atoms with Gasteiger partial charge in [0.15, 0.2) is 5.82 Å². The maximum Gasteiger partial charge on any atom is 0.229 e. The number of fused-ring (bicyclic) bond motifs is 3. The van der Waals surface area contributed by atoms with Crippen molar-refractivity contribution in [3.05, 3.63) is 162 Å². The quantitative estimate of drug-likeness (QED) is 0.0542. The van der Waals surface area contributed by atoms with E-state index in [1.54, 1.807) is 6.20 Å². The molecule has 3 aliphatic heterocycles. The van der Waals surface area contributed by atoms with Crippen LogP contribution in [0.1, 0.15) is 185 Å². The van der Waals surface area contributed by atoms with Gasteiger partial charge in [-0.15, -0.1) is 11.8 Å². The SMILES string of the molecule is CCN(CC)C1CCN(c2ccc(Nc3ncc(F)c(-c4cc(C)c5nc(C)n(C(C)C)c5c4)n3)nc2C)CC1.CCN(CC)C1CCN(c2ccc(Nc3nccc(-c4cc(C)c5nc(C)n(C6CCCC6)c5c4)n3)nc2)CC1.CCN1CCC(Sc2ccc(Nc3nccc(-c4cc(C)c5nc(C)n(C(C)C)c5c4)n3)nc2)CC1. The van der Waals surface area contributed by atoms with Gasteiger partial charge >= 0.3 is 0 Å². The normalized spacial score (nSPS) is 15.6. The summed E-state index contributed by atoms with van der Waals surface area (Å²) in [4.78, 5) is 69.7. The zero-order valence-electron chi connectivity index (χ0n) is 71.0. The number of anilines is 8. The van der Waals surface area contributed by atoms with Crippen LogP contribution in [0.4, 0.5) is 51.1 Å². The van der Waals surface area contributed by atoms with Crippen LogP contribution < -0.4 is 25.8 Å². The van der Waals surface area contributed by atoms with E-state index < -0.39 is 5.82 Å². The van der Waals surface area contributed by atoms with Gasteiger partial charge in [0.05, 0.1) is 74.0 Å². The summed E-state index contributed by atoms with van der Waals surface area (Å²) in [6.07, 6.45) is 21.0. The first-order chi connectivity index (χ1) is 56.1. The van der Waals surface area contributed by atoms with Crippen molar-refractivity contribution < 1.29 is 4.39 Å². The van der Waals surface area contributed by atoms with Gasteiger partial charge in [-0.05, 0) is 275 Å². The molecule has 116 heavy (non-hydrogen) atoms. The molecule has 16 rings (SSSR count). The number of aromatic nitrogens is 15. The van der Waals surface area contributed by atoms with Crippen molar-refractivity contribution in [3.8, 4) is 33.8 Å². The molecule has 0 amide bonds. The third kappa shape index (κ3) is 18.7. The highest BCUT2D eigenvalue weighted by Crippen LogP contribution is 2.39. The summed E-state index contributed by atoms with van der Waals surface area (Å²) in [6, 6.07) is 31.5. The molecule has 0 unspecified atom stereocenters. The monoisotopic (exact) mass is 1580 g/mol. The van der Waals surface area contributed by atoms with Gasteiger partial charge in [-0.25, -0.2) is 64.2 Å². The summed E-state index contributed by atoms with van der Waals surface area (Å²) >= 11 is 1.94. The zero-order chi connectivity index (χ0) is 81.4. The summed E-state index contributed by atoms with van der Waals surface area (Å²) < 4.78 is 21.9. The molecule has 3 N–H and O–H groups in total. The van der Waals surface area contributed by atoms with Gasteiger partial charge in [0.25, 0.3) is 0 Å². The molecule has 0 radical (unpaired) electrons. The smallest absolute Gasteiger partial charge is 0.229 e. The van der Waals surface area contributed by atoms with Gasteiger partial charge < -0.3 is 54.2 Å². The Morgan fingerprint density at radius 2 is 0.940 bits per heavy atom. The Bertz CT molecular complexity index is 5330. The van der Waals surface area contributed by atoms with Gasteiger partial charge in [0.1, 0.15) is 40.6 Å². The molecule has 4 fully saturated rings. The highest BCUT2D eigenvalue weighted by atomic mass is 32.2. The van der Waals surface area contributed by atoms with Crippen LogP contribution in [0, 0.1) is 54.3 Å². The Hall–Kier alpha value is -10.1. The Labute approximate surface area is 688 Å². The second-order valence-electron chi connectivity index (χ2n) is 32.2. The molecule has 3 saturated heterocycles. The van der Waals surface area contributed by atoms with Crippen LogP contribution in [0.2, 0.25) is 0 Å². The van der Waals surface area contributed by atoms with Crippen molar-refractivity contribution in [1.82, 2.24) is 88.2 Å². The van der Waals surface area contributed by atoms with E-state index in [2.05, 4.69) is 212 Å². The molecule has 4 aliphatic rings. The fourth-order valence-electron chi connectivity index (χ4n) is 18.0. The molecule has 1 saturated carbocycles. The number of piperidine rings is 3. The number of hydrogen-bond donors (Lipinski definition) is 3. The Morgan fingerprint density at radius 3 is 1.45 bits per heavy atom. The maximum absolute atomic E-state index is 15.0. The van der Waals surface area contributed by atoms with E-state index in [4.69, 9.17) is 34.9 Å². The average molecular weight is 1590 g/mol. The third-order valence-corrected chi connectivity index (χ3v) is 25.3. The second kappa shape index (κ2) is 37.0. The minimum Gasteiger partial charge on any atom is -0.370 e. The molecule has 12 heterocycles.